The van der Waals surface area contributed by atoms with E-state index >= 15 is 0 Å². The molecule has 3 aromatic heterocycles. The van der Waals surface area contributed by atoms with Crippen LogP contribution in [0.25, 0.3) is 5.52 Å². The molecule has 0 aliphatic carbocycles. The van der Waals surface area contributed by atoms with Crippen LogP contribution in [0.3, 0.4) is 0 Å². The topological polar surface area (TPSA) is 42.5 Å². The van der Waals surface area contributed by atoms with Crippen LogP contribution in [0, 0.1) is 0 Å². The quantitative estimate of drug-likeness (QED) is 0.772. The third-order valence-electron chi connectivity index (χ3n) is 3.27. The van der Waals surface area contributed by atoms with Crippen molar-refractivity contribution in [3.05, 3.63) is 58.7 Å². The number of aromatic nitrogens is 2. The maximum absolute atomic E-state index is 5.65. The first-order valence-electron chi connectivity index (χ1n) is 6.69. The average molecular weight is 334 g/mol. The van der Waals surface area contributed by atoms with Gasteiger partial charge >= 0.3 is 0 Å². The van der Waals surface area contributed by atoms with Crippen molar-refractivity contribution in [3.63, 3.8) is 0 Å². The second-order valence-corrected chi connectivity index (χ2v) is 5.50. The molecule has 0 fully saturated rings. The Morgan fingerprint density at radius 3 is 3.05 bits per heavy atom. The highest BCUT2D eigenvalue weighted by Gasteiger charge is 2.22. The van der Waals surface area contributed by atoms with Gasteiger partial charge in [-0.3, -0.25) is 0 Å². The lowest BCUT2D eigenvalue weighted by Crippen LogP contribution is -2.23. The third-order valence-corrected chi connectivity index (χ3v) is 3.93. The molecular formula is C15H16BrN3O. The van der Waals surface area contributed by atoms with Gasteiger partial charge in [0.1, 0.15) is 5.76 Å². The summed E-state index contributed by atoms with van der Waals surface area (Å²) >= 11 is 3.55. The van der Waals surface area contributed by atoms with E-state index in [9.17, 15) is 0 Å². The van der Waals surface area contributed by atoms with Crippen LogP contribution in [0.5, 0.6) is 0 Å². The standard InChI is InChI=1S/C15H16BrN3O/c1-2-7-17-14(15-12(16)6-9-20-15)11-10-18-19-8-4-3-5-13(11)19/h3-6,8-10,14,17H,2,7H2,1H3. The van der Waals surface area contributed by atoms with Gasteiger partial charge in [0.05, 0.1) is 28.5 Å². The summed E-state index contributed by atoms with van der Waals surface area (Å²) < 4.78 is 8.51. The maximum atomic E-state index is 5.65. The van der Waals surface area contributed by atoms with E-state index in [1.807, 2.05) is 35.1 Å². The van der Waals surface area contributed by atoms with E-state index in [0.29, 0.717) is 0 Å². The molecule has 1 N–H and O–H groups in total. The third kappa shape index (κ3) is 2.39. The van der Waals surface area contributed by atoms with E-state index in [-0.39, 0.29) is 6.04 Å². The Morgan fingerprint density at radius 1 is 1.40 bits per heavy atom. The number of pyridine rings is 1. The van der Waals surface area contributed by atoms with Crippen molar-refractivity contribution in [2.45, 2.75) is 19.4 Å². The Hall–Kier alpha value is -1.59. The second-order valence-electron chi connectivity index (χ2n) is 4.65. The van der Waals surface area contributed by atoms with Crippen LogP contribution in [-0.2, 0) is 0 Å². The van der Waals surface area contributed by atoms with Gasteiger partial charge in [-0.05, 0) is 47.1 Å². The Balaban J connectivity index is 2.07. The normalized spacial score (nSPS) is 12.9. The van der Waals surface area contributed by atoms with Crippen molar-refractivity contribution in [3.8, 4) is 0 Å². The number of rotatable bonds is 5. The van der Waals surface area contributed by atoms with Crippen molar-refractivity contribution in [2.75, 3.05) is 6.54 Å². The van der Waals surface area contributed by atoms with Gasteiger partial charge in [0, 0.05) is 11.8 Å². The molecule has 0 amide bonds. The molecule has 3 aromatic rings. The molecule has 0 radical (unpaired) electrons. The van der Waals surface area contributed by atoms with Gasteiger partial charge in [-0.15, -0.1) is 0 Å². The van der Waals surface area contributed by atoms with Crippen LogP contribution in [0.4, 0.5) is 0 Å². The van der Waals surface area contributed by atoms with Crippen molar-refractivity contribution in [2.24, 2.45) is 0 Å². The summed E-state index contributed by atoms with van der Waals surface area (Å²) in [6.07, 6.45) is 6.62. The number of halogens is 1. The summed E-state index contributed by atoms with van der Waals surface area (Å²) in [7, 11) is 0. The fourth-order valence-corrected chi connectivity index (χ4v) is 2.75. The summed E-state index contributed by atoms with van der Waals surface area (Å²) in [6, 6.07) is 7.98. The monoisotopic (exact) mass is 333 g/mol. The van der Waals surface area contributed by atoms with Gasteiger partial charge in [-0.1, -0.05) is 13.0 Å². The van der Waals surface area contributed by atoms with Crippen LogP contribution in [-0.4, -0.2) is 16.2 Å². The van der Waals surface area contributed by atoms with Crippen molar-refractivity contribution >= 4 is 21.4 Å². The van der Waals surface area contributed by atoms with Gasteiger partial charge in [-0.2, -0.15) is 5.10 Å². The first kappa shape index (κ1) is 13.4. The number of furan rings is 1. The summed E-state index contributed by atoms with van der Waals surface area (Å²) in [5.41, 5.74) is 2.21. The molecule has 4 nitrogen and oxygen atoms in total. The van der Waals surface area contributed by atoms with E-state index in [4.69, 9.17) is 4.42 Å². The zero-order valence-electron chi connectivity index (χ0n) is 11.2. The highest BCUT2D eigenvalue weighted by atomic mass is 79.9. The molecular weight excluding hydrogens is 318 g/mol. The largest absolute Gasteiger partial charge is 0.466 e. The molecule has 0 aliphatic rings. The van der Waals surface area contributed by atoms with E-state index in [2.05, 4.69) is 39.3 Å². The smallest absolute Gasteiger partial charge is 0.139 e. The Bertz CT molecular complexity index is 704. The lowest BCUT2D eigenvalue weighted by atomic mass is 10.1. The molecule has 0 spiro atoms. The van der Waals surface area contributed by atoms with Gasteiger partial charge in [0.2, 0.25) is 0 Å². The maximum Gasteiger partial charge on any atom is 0.139 e. The summed E-state index contributed by atoms with van der Waals surface area (Å²) in [4.78, 5) is 0. The van der Waals surface area contributed by atoms with Gasteiger partial charge in [-0.25, -0.2) is 4.52 Å². The fourth-order valence-electron chi connectivity index (χ4n) is 2.32. The predicted molar refractivity (Wildman–Crippen MR) is 81.7 cm³/mol. The molecule has 0 aromatic carbocycles. The Morgan fingerprint density at radius 2 is 2.30 bits per heavy atom. The van der Waals surface area contributed by atoms with Gasteiger partial charge in [0.15, 0.2) is 0 Å². The molecule has 20 heavy (non-hydrogen) atoms. The molecule has 5 heteroatoms. The minimum atomic E-state index is -0.000718. The highest BCUT2D eigenvalue weighted by molar-refractivity contribution is 9.10. The zero-order valence-corrected chi connectivity index (χ0v) is 12.8. The lowest BCUT2D eigenvalue weighted by Gasteiger charge is -2.16. The molecule has 1 unspecified atom stereocenters. The molecule has 3 rings (SSSR count). The summed E-state index contributed by atoms with van der Waals surface area (Å²) in [5, 5.41) is 7.94. The number of nitrogens with zero attached hydrogens (tertiary/aromatic N) is 2. The molecule has 0 aliphatic heterocycles. The van der Waals surface area contributed by atoms with Crippen molar-refractivity contribution in [1.29, 1.82) is 0 Å². The average Bonchev–Trinajstić information content (AvgIpc) is 3.07. The predicted octanol–water partition coefficient (Wildman–Crippen LogP) is 3.78. The fraction of sp³-hybridized carbons (Fsp3) is 0.267. The molecule has 104 valence electrons. The minimum absolute atomic E-state index is 0.000718. The second kappa shape index (κ2) is 5.81. The molecule has 1 atom stereocenters. The van der Waals surface area contributed by atoms with E-state index in [0.717, 1.165) is 34.3 Å². The molecule has 3 heterocycles. The van der Waals surface area contributed by atoms with Gasteiger partial charge in [0.25, 0.3) is 0 Å². The summed E-state index contributed by atoms with van der Waals surface area (Å²) in [5.74, 6) is 0.886. The molecule has 0 bridgehead atoms. The van der Waals surface area contributed by atoms with Crippen LogP contribution in [0.2, 0.25) is 0 Å². The number of fused-ring (bicyclic) bond motifs is 1. The first-order chi connectivity index (χ1) is 9.81. The van der Waals surface area contributed by atoms with Crippen LogP contribution in [0.1, 0.15) is 30.7 Å². The van der Waals surface area contributed by atoms with Crippen molar-refractivity contribution < 1.29 is 4.42 Å². The van der Waals surface area contributed by atoms with Crippen LogP contribution < -0.4 is 5.32 Å². The zero-order chi connectivity index (χ0) is 13.9. The first-order valence-corrected chi connectivity index (χ1v) is 7.49. The number of nitrogens with one attached hydrogen (secondary N) is 1. The van der Waals surface area contributed by atoms with Crippen molar-refractivity contribution in [1.82, 2.24) is 14.9 Å². The summed E-state index contributed by atoms with van der Waals surface area (Å²) in [6.45, 7) is 3.07. The Kier molecular flexibility index (Phi) is 3.89. The number of hydrogen-bond acceptors (Lipinski definition) is 3. The molecule has 0 saturated heterocycles. The van der Waals surface area contributed by atoms with E-state index in [1.165, 1.54) is 0 Å². The number of hydrogen-bond donors (Lipinski definition) is 1. The minimum Gasteiger partial charge on any atom is -0.466 e. The highest BCUT2D eigenvalue weighted by Crippen LogP contribution is 2.31. The van der Waals surface area contributed by atoms with Crippen LogP contribution >= 0.6 is 15.9 Å². The SMILES string of the molecule is CCCNC(c1occc1Br)c1cnn2ccccc12. The Labute approximate surface area is 125 Å². The van der Waals surface area contributed by atoms with E-state index in [1.54, 1.807) is 6.26 Å². The van der Waals surface area contributed by atoms with E-state index < -0.39 is 0 Å². The van der Waals surface area contributed by atoms with Gasteiger partial charge < -0.3 is 9.73 Å². The van der Waals surface area contributed by atoms with Crippen LogP contribution in [0.15, 0.2) is 51.8 Å². The lowest BCUT2D eigenvalue weighted by molar-refractivity contribution is 0.445. The molecule has 0 saturated carbocycles.